The molecule has 2 saturated carbocycles. The zero-order valence-corrected chi connectivity index (χ0v) is 17.9. The molecule has 2 atom stereocenters. The Morgan fingerprint density at radius 3 is 2.20 bits per heavy atom. The van der Waals surface area contributed by atoms with Crippen LogP contribution < -0.4 is 10.6 Å². The molecule has 2 aliphatic carbocycles. The highest BCUT2D eigenvalue weighted by atomic mass is 16.5. The molecule has 1 aromatic carbocycles. The fraction of sp³-hybridized carbons (Fsp3) is 0.565. The number of carbonyl (C=O) groups excluding carboxylic acids is 4. The molecule has 2 N–H and O–H groups in total. The summed E-state index contributed by atoms with van der Waals surface area (Å²) >= 11 is 0. The van der Waals surface area contributed by atoms with Gasteiger partial charge >= 0.3 is 5.97 Å². The topological polar surface area (TPSA) is 102 Å². The van der Waals surface area contributed by atoms with E-state index in [0.29, 0.717) is 12.8 Å². The summed E-state index contributed by atoms with van der Waals surface area (Å²) in [6.07, 6.45) is 3.76. The third-order valence-corrected chi connectivity index (χ3v) is 6.11. The summed E-state index contributed by atoms with van der Waals surface area (Å²) in [6, 6.07) is 3.96. The average molecular weight is 415 g/mol. The van der Waals surface area contributed by atoms with Crippen LogP contribution in [-0.2, 0) is 23.9 Å². The first-order valence-electron chi connectivity index (χ1n) is 10.6. The van der Waals surface area contributed by atoms with E-state index < -0.39 is 18.5 Å². The zero-order chi connectivity index (χ0) is 21.8. The highest BCUT2D eigenvalue weighted by Crippen LogP contribution is 2.40. The molecule has 0 aromatic heterocycles. The fourth-order valence-corrected chi connectivity index (χ4v) is 4.72. The van der Waals surface area contributed by atoms with Gasteiger partial charge < -0.3 is 15.4 Å². The van der Waals surface area contributed by atoms with Crippen molar-refractivity contribution < 1.29 is 23.9 Å². The maximum Gasteiger partial charge on any atom is 0.309 e. The minimum absolute atomic E-state index is 0.0405. The normalized spacial score (nSPS) is 22.9. The summed E-state index contributed by atoms with van der Waals surface area (Å²) in [7, 11) is 0. The molecule has 3 rings (SSSR count). The first-order valence-corrected chi connectivity index (χ1v) is 10.6. The summed E-state index contributed by atoms with van der Waals surface area (Å²) in [5.74, 6) is -1.41. The van der Waals surface area contributed by atoms with E-state index in [-0.39, 0.29) is 36.0 Å². The van der Waals surface area contributed by atoms with Crippen molar-refractivity contribution in [2.45, 2.75) is 52.9 Å². The minimum Gasteiger partial charge on any atom is -0.455 e. The van der Waals surface area contributed by atoms with Gasteiger partial charge in [0.05, 0.1) is 12.5 Å². The molecule has 7 nitrogen and oxygen atoms in total. The number of fused-ring (bicyclic) bond motifs is 2. The molecule has 7 heteroatoms. The zero-order valence-electron chi connectivity index (χ0n) is 17.9. The standard InChI is InChI=1S/C23H30N2O5/c1-13-7-14(2)21(15(3)8-13)25-19(26)11-24-20(27)12-30-23(29)18-9-16-5-4-6-17(10-18)22(16)28/h7-8,16-18H,4-6,9-12H2,1-3H3,(H,24,27)(H,25,26). The molecule has 2 fully saturated rings. The van der Waals surface area contributed by atoms with Crippen LogP contribution in [0.5, 0.6) is 0 Å². The Morgan fingerprint density at radius 1 is 1.00 bits per heavy atom. The maximum atomic E-state index is 12.3. The van der Waals surface area contributed by atoms with Gasteiger partial charge in [-0.2, -0.15) is 0 Å². The first-order chi connectivity index (χ1) is 14.2. The van der Waals surface area contributed by atoms with E-state index in [1.54, 1.807) is 0 Å². The number of aryl methyl sites for hydroxylation is 3. The van der Waals surface area contributed by atoms with Gasteiger partial charge in [-0.25, -0.2) is 0 Å². The lowest BCUT2D eigenvalue weighted by Gasteiger charge is -2.36. The van der Waals surface area contributed by atoms with Crippen molar-refractivity contribution in [3.63, 3.8) is 0 Å². The maximum absolute atomic E-state index is 12.3. The fourth-order valence-electron chi connectivity index (χ4n) is 4.72. The summed E-state index contributed by atoms with van der Waals surface area (Å²) in [6.45, 7) is 5.20. The molecular formula is C23H30N2O5. The quantitative estimate of drug-likeness (QED) is 0.697. The first kappa shape index (κ1) is 22.0. The van der Waals surface area contributed by atoms with Gasteiger partial charge in [-0.3, -0.25) is 19.2 Å². The van der Waals surface area contributed by atoms with Gasteiger partial charge in [0.25, 0.3) is 5.91 Å². The van der Waals surface area contributed by atoms with Crippen molar-refractivity contribution in [2.24, 2.45) is 17.8 Å². The number of ketones is 1. The number of rotatable bonds is 6. The third-order valence-electron chi connectivity index (χ3n) is 6.11. The van der Waals surface area contributed by atoms with Crippen LogP contribution in [0.3, 0.4) is 0 Å². The van der Waals surface area contributed by atoms with Crippen molar-refractivity contribution in [2.75, 3.05) is 18.5 Å². The van der Waals surface area contributed by atoms with Gasteiger partial charge in [-0.1, -0.05) is 24.1 Å². The highest BCUT2D eigenvalue weighted by Gasteiger charge is 2.41. The van der Waals surface area contributed by atoms with Crippen molar-refractivity contribution in [3.05, 3.63) is 28.8 Å². The van der Waals surface area contributed by atoms with Gasteiger partial charge in [-0.05, 0) is 57.6 Å². The van der Waals surface area contributed by atoms with Gasteiger partial charge in [0.1, 0.15) is 5.78 Å². The number of anilines is 1. The molecule has 0 radical (unpaired) electrons. The molecule has 2 amide bonds. The number of esters is 1. The molecule has 162 valence electrons. The molecule has 2 aliphatic rings. The van der Waals surface area contributed by atoms with Gasteiger partial charge in [0, 0.05) is 17.5 Å². The molecule has 0 saturated heterocycles. The summed E-state index contributed by atoms with van der Waals surface area (Å²) in [5.41, 5.74) is 3.77. The number of benzene rings is 1. The number of Topliss-reactive ketones (excluding diaryl/α,β-unsaturated/α-hetero) is 1. The van der Waals surface area contributed by atoms with Gasteiger partial charge in [0.15, 0.2) is 6.61 Å². The number of amides is 2. The van der Waals surface area contributed by atoms with E-state index in [1.807, 2.05) is 32.9 Å². The van der Waals surface area contributed by atoms with Crippen LogP contribution in [0.2, 0.25) is 0 Å². The lowest BCUT2D eigenvalue weighted by atomic mass is 9.67. The number of nitrogens with one attached hydrogen (secondary N) is 2. The summed E-state index contributed by atoms with van der Waals surface area (Å²) in [5, 5.41) is 5.29. The molecule has 2 unspecified atom stereocenters. The number of carbonyl (C=O) groups is 4. The molecule has 0 heterocycles. The van der Waals surface area contributed by atoms with Crippen LogP contribution in [0.1, 0.15) is 48.8 Å². The van der Waals surface area contributed by atoms with E-state index >= 15 is 0 Å². The smallest absolute Gasteiger partial charge is 0.309 e. The van der Waals surface area contributed by atoms with Gasteiger partial charge in [-0.15, -0.1) is 0 Å². The van der Waals surface area contributed by atoms with E-state index in [4.69, 9.17) is 4.74 Å². The monoisotopic (exact) mass is 414 g/mol. The van der Waals surface area contributed by atoms with Crippen LogP contribution >= 0.6 is 0 Å². The molecule has 1 aromatic rings. The predicted octanol–water partition coefficient (Wildman–Crippen LogP) is 2.61. The average Bonchev–Trinajstić information content (AvgIpc) is 2.67. The Balaban J connectivity index is 1.41. The molecular weight excluding hydrogens is 384 g/mol. The predicted molar refractivity (Wildman–Crippen MR) is 112 cm³/mol. The minimum atomic E-state index is -0.525. The van der Waals surface area contributed by atoms with E-state index in [0.717, 1.165) is 41.6 Å². The molecule has 30 heavy (non-hydrogen) atoms. The third kappa shape index (κ3) is 5.26. The number of ether oxygens (including phenoxy) is 1. The SMILES string of the molecule is Cc1cc(C)c(NC(=O)CNC(=O)COC(=O)C2CC3CCCC(C2)C3=O)c(C)c1. The summed E-state index contributed by atoms with van der Waals surface area (Å²) in [4.78, 5) is 48.6. The number of hydrogen-bond acceptors (Lipinski definition) is 5. The van der Waals surface area contributed by atoms with Gasteiger partial charge in [0.2, 0.25) is 5.91 Å². The van der Waals surface area contributed by atoms with Crippen LogP contribution in [0.25, 0.3) is 0 Å². The van der Waals surface area contributed by atoms with Crippen molar-refractivity contribution in [3.8, 4) is 0 Å². The largest absolute Gasteiger partial charge is 0.455 e. The Labute approximate surface area is 176 Å². The second-order valence-electron chi connectivity index (χ2n) is 8.60. The van der Waals surface area contributed by atoms with E-state index in [1.165, 1.54) is 0 Å². The van der Waals surface area contributed by atoms with E-state index in [9.17, 15) is 19.2 Å². The lowest BCUT2D eigenvalue weighted by molar-refractivity contribution is -0.156. The van der Waals surface area contributed by atoms with Crippen LogP contribution in [-0.4, -0.2) is 36.7 Å². The van der Waals surface area contributed by atoms with Crippen LogP contribution in [0.4, 0.5) is 5.69 Å². The molecule has 0 aliphatic heterocycles. The Morgan fingerprint density at radius 2 is 1.60 bits per heavy atom. The molecule has 0 spiro atoms. The van der Waals surface area contributed by atoms with Crippen molar-refractivity contribution in [1.82, 2.24) is 5.32 Å². The van der Waals surface area contributed by atoms with Crippen molar-refractivity contribution >= 4 is 29.3 Å². The molecule has 2 bridgehead atoms. The second kappa shape index (κ2) is 9.41. The number of hydrogen-bond donors (Lipinski definition) is 2. The van der Waals surface area contributed by atoms with Crippen LogP contribution in [0, 0.1) is 38.5 Å². The second-order valence-corrected chi connectivity index (χ2v) is 8.60. The van der Waals surface area contributed by atoms with Crippen LogP contribution in [0.15, 0.2) is 12.1 Å². The van der Waals surface area contributed by atoms with Crippen molar-refractivity contribution in [1.29, 1.82) is 0 Å². The Bertz CT molecular complexity index is 824. The highest BCUT2D eigenvalue weighted by molar-refractivity contribution is 5.96. The summed E-state index contributed by atoms with van der Waals surface area (Å²) < 4.78 is 5.15. The Kier molecular flexibility index (Phi) is 6.90. The Hall–Kier alpha value is -2.70. The van der Waals surface area contributed by atoms with E-state index in [2.05, 4.69) is 10.6 Å². The lowest BCUT2D eigenvalue weighted by Crippen LogP contribution is -2.40.